The topological polar surface area (TPSA) is 83.6 Å². The summed E-state index contributed by atoms with van der Waals surface area (Å²) < 4.78 is 0. The minimum atomic E-state index is -0.891. The summed E-state index contributed by atoms with van der Waals surface area (Å²) in [7, 11) is 0. The second-order valence-corrected chi connectivity index (χ2v) is 4.45. The monoisotopic (exact) mass is 264 g/mol. The summed E-state index contributed by atoms with van der Waals surface area (Å²) in [6, 6.07) is -0.510. The number of carbonyl (C=O) groups is 2. The van der Waals surface area contributed by atoms with Crippen LogP contribution in [-0.4, -0.2) is 40.5 Å². The quantitative estimate of drug-likeness (QED) is 0.776. The lowest BCUT2D eigenvalue weighted by Gasteiger charge is -2.21. The lowest BCUT2D eigenvalue weighted by Crippen LogP contribution is -2.40. The number of aliphatic carboxylic acids is 1. The van der Waals surface area contributed by atoms with Crippen LogP contribution in [0.1, 0.15) is 39.0 Å². The standard InChI is InChI=1S/C11H20N2O3.ClH/c1-8(12)4-2-6-10(14)13-7-3-5-9(13)11(15)16;/h8-9H,2-7,12H2,1H3,(H,15,16);1H/t8?,9-;/m0./s1. The van der Waals surface area contributed by atoms with Crippen molar-refractivity contribution in [1.82, 2.24) is 4.90 Å². The molecule has 0 aliphatic carbocycles. The maximum Gasteiger partial charge on any atom is 0.326 e. The highest BCUT2D eigenvalue weighted by Gasteiger charge is 2.33. The molecule has 0 aromatic carbocycles. The molecule has 1 heterocycles. The zero-order valence-corrected chi connectivity index (χ0v) is 10.9. The Morgan fingerprint density at radius 2 is 2.18 bits per heavy atom. The van der Waals surface area contributed by atoms with Crippen molar-refractivity contribution in [3.63, 3.8) is 0 Å². The molecule has 1 aliphatic rings. The number of hydrogen-bond acceptors (Lipinski definition) is 3. The molecule has 100 valence electrons. The third kappa shape index (κ3) is 4.91. The molecule has 3 N–H and O–H groups in total. The van der Waals surface area contributed by atoms with Gasteiger partial charge in [0.2, 0.25) is 5.91 Å². The maximum absolute atomic E-state index is 11.8. The van der Waals surface area contributed by atoms with Crippen LogP contribution in [0.5, 0.6) is 0 Å². The first-order chi connectivity index (χ1) is 7.52. The largest absolute Gasteiger partial charge is 0.480 e. The molecular formula is C11H21ClN2O3. The molecule has 0 aromatic rings. The number of carboxylic acids is 1. The number of amides is 1. The van der Waals surface area contributed by atoms with Crippen molar-refractivity contribution in [3.8, 4) is 0 Å². The highest BCUT2D eigenvalue weighted by molar-refractivity contribution is 5.85. The zero-order valence-electron chi connectivity index (χ0n) is 10.1. The SMILES string of the molecule is CC(N)CCCC(=O)N1CCC[C@H]1C(=O)O.Cl. The molecule has 0 bridgehead atoms. The van der Waals surface area contributed by atoms with Crippen LogP contribution >= 0.6 is 12.4 Å². The van der Waals surface area contributed by atoms with E-state index >= 15 is 0 Å². The van der Waals surface area contributed by atoms with Crippen molar-refractivity contribution in [3.05, 3.63) is 0 Å². The van der Waals surface area contributed by atoms with Gasteiger partial charge in [0.15, 0.2) is 0 Å². The molecule has 0 radical (unpaired) electrons. The number of halogens is 1. The molecule has 17 heavy (non-hydrogen) atoms. The van der Waals surface area contributed by atoms with Gasteiger partial charge in [0, 0.05) is 19.0 Å². The number of hydrogen-bond donors (Lipinski definition) is 2. The summed E-state index contributed by atoms with van der Waals surface area (Å²) in [5.41, 5.74) is 5.59. The smallest absolute Gasteiger partial charge is 0.326 e. The summed E-state index contributed by atoms with van der Waals surface area (Å²) >= 11 is 0. The molecule has 1 amide bonds. The molecule has 2 atom stereocenters. The minimum Gasteiger partial charge on any atom is -0.480 e. The Hall–Kier alpha value is -0.810. The van der Waals surface area contributed by atoms with E-state index in [9.17, 15) is 9.59 Å². The van der Waals surface area contributed by atoms with E-state index in [1.807, 2.05) is 6.92 Å². The average Bonchev–Trinajstić information content (AvgIpc) is 2.65. The third-order valence-electron chi connectivity index (χ3n) is 2.91. The first-order valence-corrected chi connectivity index (χ1v) is 5.80. The third-order valence-corrected chi connectivity index (χ3v) is 2.91. The lowest BCUT2D eigenvalue weighted by molar-refractivity contribution is -0.148. The van der Waals surface area contributed by atoms with Gasteiger partial charge in [-0.15, -0.1) is 12.4 Å². The van der Waals surface area contributed by atoms with E-state index in [0.29, 0.717) is 19.4 Å². The normalized spacial score (nSPS) is 20.8. The van der Waals surface area contributed by atoms with Gasteiger partial charge in [-0.3, -0.25) is 4.79 Å². The van der Waals surface area contributed by atoms with E-state index in [-0.39, 0.29) is 24.4 Å². The zero-order chi connectivity index (χ0) is 12.1. The van der Waals surface area contributed by atoms with E-state index in [1.165, 1.54) is 4.90 Å². The Morgan fingerprint density at radius 1 is 1.53 bits per heavy atom. The van der Waals surface area contributed by atoms with Crippen LogP contribution in [0.25, 0.3) is 0 Å². The highest BCUT2D eigenvalue weighted by Crippen LogP contribution is 2.19. The van der Waals surface area contributed by atoms with E-state index in [0.717, 1.165) is 19.3 Å². The predicted molar refractivity (Wildman–Crippen MR) is 67.1 cm³/mol. The van der Waals surface area contributed by atoms with Gasteiger partial charge in [0.25, 0.3) is 0 Å². The first kappa shape index (κ1) is 16.2. The van der Waals surface area contributed by atoms with E-state index < -0.39 is 12.0 Å². The number of likely N-dealkylation sites (tertiary alicyclic amines) is 1. The van der Waals surface area contributed by atoms with Gasteiger partial charge in [-0.1, -0.05) is 0 Å². The van der Waals surface area contributed by atoms with Gasteiger partial charge in [-0.2, -0.15) is 0 Å². The molecule has 1 saturated heterocycles. The van der Waals surface area contributed by atoms with Crippen molar-refractivity contribution in [1.29, 1.82) is 0 Å². The van der Waals surface area contributed by atoms with E-state index in [1.54, 1.807) is 0 Å². The fraction of sp³-hybridized carbons (Fsp3) is 0.818. The molecule has 1 unspecified atom stereocenters. The Labute approximate surface area is 108 Å². The van der Waals surface area contributed by atoms with Crippen molar-refractivity contribution in [2.75, 3.05) is 6.54 Å². The Kier molecular flexibility index (Phi) is 7.15. The second-order valence-electron chi connectivity index (χ2n) is 4.45. The second kappa shape index (κ2) is 7.50. The molecule has 6 heteroatoms. The molecule has 0 spiro atoms. The lowest BCUT2D eigenvalue weighted by atomic mass is 10.1. The molecule has 5 nitrogen and oxygen atoms in total. The molecule has 0 aromatic heterocycles. The van der Waals surface area contributed by atoms with Crippen LogP contribution in [0.3, 0.4) is 0 Å². The number of nitrogens with two attached hydrogens (primary N) is 1. The van der Waals surface area contributed by atoms with Crippen LogP contribution in [0.4, 0.5) is 0 Å². The van der Waals surface area contributed by atoms with Crippen molar-refractivity contribution in [2.45, 2.75) is 51.1 Å². The number of rotatable bonds is 5. The predicted octanol–water partition coefficient (Wildman–Crippen LogP) is 1.00. The summed E-state index contributed by atoms with van der Waals surface area (Å²) in [5, 5.41) is 8.93. The first-order valence-electron chi connectivity index (χ1n) is 5.80. The minimum absolute atomic E-state index is 0. The summed E-state index contributed by atoms with van der Waals surface area (Å²) in [5.74, 6) is -0.941. The molecule has 1 rings (SSSR count). The Balaban J connectivity index is 0.00000256. The number of carbonyl (C=O) groups excluding carboxylic acids is 1. The number of carboxylic acid groups (broad SMARTS) is 1. The van der Waals surface area contributed by atoms with Gasteiger partial charge in [0.05, 0.1) is 0 Å². The highest BCUT2D eigenvalue weighted by atomic mass is 35.5. The maximum atomic E-state index is 11.8. The summed E-state index contributed by atoms with van der Waals surface area (Å²) in [4.78, 5) is 24.1. The molecule has 1 fully saturated rings. The van der Waals surface area contributed by atoms with E-state index in [2.05, 4.69) is 0 Å². The fourth-order valence-corrected chi connectivity index (χ4v) is 2.04. The van der Waals surface area contributed by atoms with Gasteiger partial charge in [-0.05, 0) is 32.6 Å². The van der Waals surface area contributed by atoms with Crippen molar-refractivity contribution in [2.24, 2.45) is 5.73 Å². The summed E-state index contributed by atoms with van der Waals surface area (Å²) in [6.45, 7) is 2.48. The van der Waals surface area contributed by atoms with Gasteiger partial charge in [-0.25, -0.2) is 4.79 Å². The van der Waals surface area contributed by atoms with Gasteiger partial charge < -0.3 is 15.7 Å². The fourth-order valence-electron chi connectivity index (χ4n) is 2.04. The Bertz CT molecular complexity index is 271. The summed E-state index contributed by atoms with van der Waals surface area (Å²) in [6.07, 6.45) is 3.31. The number of nitrogens with zero attached hydrogens (tertiary/aromatic N) is 1. The van der Waals surface area contributed by atoms with Gasteiger partial charge in [0.1, 0.15) is 6.04 Å². The average molecular weight is 265 g/mol. The van der Waals surface area contributed by atoms with E-state index in [4.69, 9.17) is 10.8 Å². The van der Waals surface area contributed by atoms with Gasteiger partial charge >= 0.3 is 5.97 Å². The molecule has 0 saturated carbocycles. The van der Waals surface area contributed by atoms with Crippen LogP contribution in [0.2, 0.25) is 0 Å². The van der Waals surface area contributed by atoms with Crippen molar-refractivity contribution < 1.29 is 14.7 Å². The molecular weight excluding hydrogens is 244 g/mol. The molecule has 1 aliphatic heterocycles. The van der Waals surface area contributed by atoms with Crippen molar-refractivity contribution >= 4 is 24.3 Å². The van der Waals surface area contributed by atoms with Crippen LogP contribution in [0.15, 0.2) is 0 Å². The van der Waals surface area contributed by atoms with Crippen LogP contribution < -0.4 is 5.73 Å². The van der Waals surface area contributed by atoms with Crippen LogP contribution in [0, 0.1) is 0 Å². The Morgan fingerprint density at radius 3 is 2.71 bits per heavy atom. The van der Waals surface area contributed by atoms with Crippen LogP contribution in [-0.2, 0) is 9.59 Å².